The maximum Gasteiger partial charge on any atom is 0.224 e. The van der Waals surface area contributed by atoms with Crippen LogP contribution in [0.25, 0.3) is 0 Å². The van der Waals surface area contributed by atoms with Gasteiger partial charge in [-0.3, -0.25) is 4.90 Å². The average molecular weight is 286 g/mol. The second-order valence-corrected chi connectivity index (χ2v) is 5.76. The van der Waals surface area contributed by atoms with Gasteiger partial charge in [0.05, 0.1) is 0 Å². The molecule has 19 heavy (non-hydrogen) atoms. The van der Waals surface area contributed by atoms with Crippen LogP contribution < -0.4 is 10.6 Å². The fraction of sp³-hybridized carbons (Fsp3) is 0.692. The molecule has 108 valence electrons. The van der Waals surface area contributed by atoms with Crippen LogP contribution in [-0.4, -0.2) is 48.6 Å². The van der Waals surface area contributed by atoms with Gasteiger partial charge in [0, 0.05) is 45.1 Å². The van der Waals surface area contributed by atoms with E-state index in [9.17, 15) is 0 Å². The maximum absolute atomic E-state index is 5.82. The maximum atomic E-state index is 5.82. The summed E-state index contributed by atoms with van der Waals surface area (Å²) in [5.74, 6) is 0.756. The van der Waals surface area contributed by atoms with Crippen LogP contribution in [0.4, 0.5) is 5.95 Å². The zero-order valence-electron chi connectivity index (χ0n) is 12.0. The van der Waals surface area contributed by atoms with Crippen LogP contribution in [0.1, 0.15) is 18.9 Å². The lowest BCUT2D eigenvalue weighted by Gasteiger charge is -2.22. The van der Waals surface area contributed by atoms with E-state index in [1.54, 1.807) is 0 Å². The van der Waals surface area contributed by atoms with Crippen molar-refractivity contribution in [2.24, 2.45) is 11.1 Å². The molecule has 0 saturated carbocycles. The number of halogens is 1. The molecular formula is C13H24ClN5. The van der Waals surface area contributed by atoms with E-state index < -0.39 is 0 Å². The van der Waals surface area contributed by atoms with E-state index in [4.69, 9.17) is 5.73 Å². The van der Waals surface area contributed by atoms with E-state index in [0.717, 1.165) is 32.1 Å². The van der Waals surface area contributed by atoms with Gasteiger partial charge in [-0.2, -0.15) is 0 Å². The number of aromatic nitrogens is 2. The number of likely N-dealkylation sites (tertiary alicyclic amines) is 1. The minimum atomic E-state index is 0. The Bertz CT molecular complexity index is 395. The Labute approximate surface area is 121 Å². The van der Waals surface area contributed by atoms with E-state index in [1.165, 1.54) is 12.0 Å². The number of nitrogens with two attached hydrogens (primary N) is 1. The van der Waals surface area contributed by atoms with Crippen LogP contribution >= 0.6 is 12.4 Å². The van der Waals surface area contributed by atoms with Gasteiger partial charge in [-0.15, -0.1) is 12.4 Å². The summed E-state index contributed by atoms with van der Waals surface area (Å²) in [5, 5.41) is 0. The van der Waals surface area contributed by atoms with Crippen LogP contribution in [0.5, 0.6) is 0 Å². The Morgan fingerprint density at radius 2 is 2.00 bits per heavy atom. The molecule has 1 saturated heterocycles. The molecule has 1 unspecified atom stereocenters. The summed E-state index contributed by atoms with van der Waals surface area (Å²) < 4.78 is 0. The Kier molecular flexibility index (Phi) is 5.52. The molecule has 0 aromatic carbocycles. The Morgan fingerprint density at radius 1 is 1.37 bits per heavy atom. The first-order chi connectivity index (χ1) is 8.52. The normalized spacial score (nSPS) is 23.2. The SMILES string of the molecule is CN(C)c1ncc(CN2CCC(C)(CN)C2)cn1.Cl. The van der Waals surface area contributed by atoms with Gasteiger partial charge in [0.2, 0.25) is 5.95 Å². The van der Waals surface area contributed by atoms with E-state index in [-0.39, 0.29) is 17.8 Å². The second-order valence-electron chi connectivity index (χ2n) is 5.76. The highest BCUT2D eigenvalue weighted by Crippen LogP contribution is 2.29. The highest BCUT2D eigenvalue weighted by Gasteiger charge is 2.32. The molecule has 0 bridgehead atoms. The molecule has 1 atom stereocenters. The van der Waals surface area contributed by atoms with Crippen LogP contribution in [0.3, 0.4) is 0 Å². The molecule has 0 radical (unpaired) electrons. The van der Waals surface area contributed by atoms with Gasteiger partial charge in [-0.05, 0) is 24.9 Å². The van der Waals surface area contributed by atoms with Crippen molar-refractivity contribution in [1.82, 2.24) is 14.9 Å². The van der Waals surface area contributed by atoms with E-state index >= 15 is 0 Å². The van der Waals surface area contributed by atoms with Crippen molar-refractivity contribution in [3.63, 3.8) is 0 Å². The van der Waals surface area contributed by atoms with Crippen LogP contribution in [0.15, 0.2) is 12.4 Å². The summed E-state index contributed by atoms with van der Waals surface area (Å²) in [6.45, 7) is 6.13. The summed E-state index contributed by atoms with van der Waals surface area (Å²) in [6.07, 6.45) is 5.01. The lowest BCUT2D eigenvalue weighted by atomic mass is 9.90. The lowest BCUT2D eigenvalue weighted by Crippen LogP contribution is -2.31. The molecule has 2 heterocycles. The van der Waals surface area contributed by atoms with Crippen LogP contribution in [0.2, 0.25) is 0 Å². The third-order valence-electron chi connectivity index (χ3n) is 3.63. The predicted octanol–water partition coefficient (Wildman–Crippen LogP) is 1.14. The largest absolute Gasteiger partial charge is 0.347 e. The summed E-state index contributed by atoms with van der Waals surface area (Å²) in [4.78, 5) is 13.0. The molecule has 0 aliphatic carbocycles. The molecule has 1 aliphatic heterocycles. The topological polar surface area (TPSA) is 58.3 Å². The molecule has 2 rings (SSSR count). The van der Waals surface area contributed by atoms with Gasteiger partial charge in [0.15, 0.2) is 0 Å². The first-order valence-electron chi connectivity index (χ1n) is 6.43. The van der Waals surface area contributed by atoms with Gasteiger partial charge in [0.25, 0.3) is 0 Å². The molecular weight excluding hydrogens is 262 g/mol. The standard InChI is InChI=1S/C13H23N5.ClH/c1-13(9-14)4-5-18(10-13)8-11-6-15-12(16-7-11)17(2)3;/h6-7H,4-5,8-10,14H2,1-3H3;1H. The lowest BCUT2D eigenvalue weighted by molar-refractivity contribution is 0.274. The zero-order chi connectivity index (χ0) is 13.2. The molecule has 0 spiro atoms. The van der Waals surface area contributed by atoms with Gasteiger partial charge < -0.3 is 10.6 Å². The Morgan fingerprint density at radius 3 is 2.47 bits per heavy atom. The molecule has 1 aromatic rings. The summed E-state index contributed by atoms with van der Waals surface area (Å²) in [5.41, 5.74) is 7.27. The van der Waals surface area contributed by atoms with Crippen molar-refractivity contribution in [2.75, 3.05) is 38.6 Å². The minimum Gasteiger partial charge on any atom is -0.347 e. The van der Waals surface area contributed by atoms with E-state index in [2.05, 4.69) is 21.8 Å². The summed E-state index contributed by atoms with van der Waals surface area (Å²) in [6, 6.07) is 0. The van der Waals surface area contributed by atoms with Crippen molar-refractivity contribution >= 4 is 18.4 Å². The molecule has 2 N–H and O–H groups in total. The van der Waals surface area contributed by atoms with Crippen molar-refractivity contribution in [1.29, 1.82) is 0 Å². The Balaban J connectivity index is 0.00000180. The quantitative estimate of drug-likeness (QED) is 0.899. The fourth-order valence-electron chi connectivity index (χ4n) is 2.35. The zero-order valence-corrected chi connectivity index (χ0v) is 12.8. The molecule has 1 fully saturated rings. The van der Waals surface area contributed by atoms with Crippen molar-refractivity contribution in [2.45, 2.75) is 19.9 Å². The molecule has 1 aromatic heterocycles. The highest BCUT2D eigenvalue weighted by atomic mass is 35.5. The molecule has 1 aliphatic rings. The van der Waals surface area contributed by atoms with Gasteiger partial charge in [-0.25, -0.2) is 9.97 Å². The third-order valence-corrected chi connectivity index (χ3v) is 3.63. The van der Waals surface area contributed by atoms with Crippen LogP contribution in [-0.2, 0) is 6.54 Å². The van der Waals surface area contributed by atoms with Gasteiger partial charge in [-0.1, -0.05) is 6.92 Å². The fourth-order valence-corrected chi connectivity index (χ4v) is 2.35. The molecule has 5 nitrogen and oxygen atoms in total. The number of hydrogen-bond acceptors (Lipinski definition) is 5. The number of rotatable bonds is 4. The number of nitrogens with zero attached hydrogens (tertiary/aromatic N) is 4. The number of hydrogen-bond donors (Lipinski definition) is 1. The first-order valence-corrected chi connectivity index (χ1v) is 6.43. The predicted molar refractivity (Wildman–Crippen MR) is 80.7 cm³/mol. The molecule has 0 amide bonds. The van der Waals surface area contributed by atoms with E-state index in [0.29, 0.717) is 0 Å². The summed E-state index contributed by atoms with van der Waals surface area (Å²) >= 11 is 0. The van der Waals surface area contributed by atoms with Crippen molar-refractivity contribution < 1.29 is 0 Å². The second kappa shape index (κ2) is 6.50. The highest BCUT2D eigenvalue weighted by molar-refractivity contribution is 5.85. The van der Waals surface area contributed by atoms with Crippen molar-refractivity contribution in [3.05, 3.63) is 18.0 Å². The number of anilines is 1. The third kappa shape index (κ3) is 4.03. The first kappa shape index (κ1) is 16.1. The monoisotopic (exact) mass is 285 g/mol. The van der Waals surface area contributed by atoms with Gasteiger partial charge in [0.1, 0.15) is 0 Å². The van der Waals surface area contributed by atoms with Gasteiger partial charge >= 0.3 is 0 Å². The van der Waals surface area contributed by atoms with Crippen LogP contribution in [0, 0.1) is 5.41 Å². The van der Waals surface area contributed by atoms with E-state index in [1.807, 2.05) is 31.4 Å². The Hall–Kier alpha value is -0.910. The minimum absolute atomic E-state index is 0. The molecule has 6 heteroatoms. The van der Waals surface area contributed by atoms with Crippen molar-refractivity contribution in [3.8, 4) is 0 Å². The smallest absolute Gasteiger partial charge is 0.224 e. The average Bonchev–Trinajstić information content (AvgIpc) is 2.72. The summed E-state index contributed by atoms with van der Waals surface area (Å²) in [7, 11) is 3.89.